The molecule has 0 saturated carbocycles. The van der Waals surface area contributed by atoms with Crippen LogP contribution in [0.2, 0.25) is 0 Å². The summed E-state index contributed by atoms with van der Waals surface area (Å²) in [7, 11) is 3.19. The summed E-state index contributed by atoms with van der Waals surface area (Å²) in [4.78, 5) is 0. The van der Waals surface area contributed by atoms with Crippen LogP contribution < -0.4 is 9.47 Å². The van der Waals surface area contributed by atoms with Crippen LogP contribution in [0.15, 0.2) is 12.1 Å². The number of hydrogen-bond donors (Lipinski definition) is 0. The van der Waals surface area contributed by atoms with E-state index in [1.165, 1.54) is 0 Å². The van der Waals surface area contributed by atoms with E-state index in [0.717, 1.165) is 16.9 Å². The van der Waals surface area contributed by atoms with E-state index in [1.54, 1.807) is 14.2 Å². The molecule has 0 atom stereocenters. The lowest BCUT2D eigenvalue weighted by Crippen LogP contribution is -1.98. The Hall–Kier alpha value is -1.69. The molecule has 3 heteroatoms. The second-order valence-electron chi connectivity index (χ2n) is 2.93. The molecule has 0 saturated heterocycles. The largest absolute Gasteiger partial charge is 0.496 e. The van der Waals surface area contributed by atoms with Crippen LogP contribution in [0.5, 0.6) is 11.5 Å². The van der Waals surface area contributed by atoms with Crippen molar-refractivity contribution in [2.75, 3.05) is 14.2 Å². The predicted octanol–water partition coefficient (Wildman–Crippen LogP) is 2.08. The van der Waals surface area contributed by atoms with Gasteiger partial charge in [-0.25, -0.2) is 0 Å². The minimum absolute atomic E-state index is 0.300. The number of ether oxygens (including phenoxy) is 2. The second kappa shape index (κ2) is 4.52. The Kier molecular flexibility index (Phi) is 3.35. The summed E-state index contributed by atoms with van der Waals surface area (Å²) in [6.07, 6.45) is 0.300. The molecule has 0 aromatic heterocycles. The first-order valence-electron chi connectivity index (χ1n) is 4.32. The van der Waals surface area contributed by atoms with Gasteiger partial charge in [0.1, 0.15) is 11.5 Å². The average molecular weight is 191 g/mol. The van der Waals surface area contributed by atoms with Crippen LogP contribution in [-0.4, -0.2) is 14.2 Å². The van der Waals surface area contributed by atoms with Crippen molar-refractivity contribution in [1.29, 1.82) is 5.26 Å². The molecule has 0 aliphatic carbocycles. The van der Waals surface area contributed by atoms with Crippen molar-refractivity contribution in [3.05, 3.63) is 23.3 Å². The molecule has 14 heavy (non-hydrogen) atoms. The van der Waals surface area contributed by atoms with E-state index < -0.39 is 0 Å². The average Bonchev–Trinajstić information content (AvgIpc) is 2.19. The zero-order valence-electron chi connectivity index (χ0n) is 8.63. The van der Waals surface area contributed by atoms with Gasteiger partial charge in [0.25, 0.3) is 0 Å². The number of aryl methyl sites for hydroxylation is 1. The van der Waals surface area contributed by atoms with Gasteiger partial charge in [0, 0.05) is 0 Å². The van der Waals surface area contributed by atoms with Crippen LogP contribution in [0, 0.1) is 18.3 Å². The summed E-state index contributed by atoms with van der Waals surface area (Å²) in [5.41, 5.74) is 1.83. The molecular weight excluding hydrogens is 178 g/mol. The van der Waals surface area contributed by atoms with Gasteiger partial charge in [-0.05, 0) is 18.6 Å². The third-order valence-corrected chi connectivity index (χ3v) is 2.09. The van der Waals surface area contributed by atoms with Gasteiger partial charge < -0.3 is 9.47 Å². The molecule has 1 aromatic carbocycles. The lowest BCUT2D eigenvalue weighted by atomic mass is 10.1. The fourth-order valence-corrected chi connectivity index (χ4v) is 1.45. The summed E-state index contributed by atoms with van der Waals surface area (Å²) in [5, 5.41) is 8.69. The van der Waals surface area contributed by atoms with E-state index in [0.29, 0.717) is 12.2 Å². The van der Waals surface area contributed by atoms with Crippen LogP contribution in [0.1, 0.15) is 11.1 Å². The lowest BCUT2D eigenvalue weighted by Gasteiger charge is -2.12. The Balaban J connectivity index is 3.29. The Labute approximate surface area is 83.9 Å². The fourth-order valence-electron chi connectivity index (χ4n) is 1.45. The maximum atomic E-state index is 8.69. The van der Waals surface area contributed by atoms with Crippen LogP contribution in [0.25, 0.3) is 0 Å². The van der Waals surface area contributed by atoms with Crippen molar-refractivity contribution in [3.8, 4) is 17.6 Å². The maximum Gasteiger partial charge on any atom is 0.129 e. The number of rotatable bonds is 3. The van der Waals surface area contributed by atoms with Gasteiger partial charge in [0.05, 0.1) is 32.3 Å². The van der Waals surface area contributed by atoms with E-state index in [1.807, 2.05) is 19.1 Å². The molecular formula is C11H13NO2. The molecule has 0 unspecified atom stereocenters. The highest BCUT2D eigenvalue weighted by Crippen LogP contribution is 2.31. The quantitative estimate of drug-likeness (QED) is 0.734. The van der Waals surface area contributed by atoms with Crippen molar-refractivity contribution in [2.24, 2.45) is 0 Å². The van der Waals surface area contributed by atoms with Gasteiger partial charge in [-0.3, -0.25) is 0 Å². The van der Waals surface area contributed by atoms with Crippen LogP contribution >= 0.6 is 0 Å². The van der Waals surface area contributed by atoms with Gasteiger partial charge in [-0.1, -0.05) is 6.07 Å². The molecule has 0 spiro atoms. The molecule has 74 valence electrons. The van der Waals surface area contributed by atoms with Gasteiger partial charge in [-0.15, -0.1) is 0 Å². The number of hydrogen-bond acceptors (Lipinski definition) is 3. The Bertz CT molecular complexity index is 366. The van der Waals surface area contributed by atoms with E-state index in [2.05, 4.69) is 6.07 Å². The molecule has 1 aromatic rings. The Morgan fingerprint density at radius 2 is 2.00 bits per heavy atom. The molecule has 0 aliphatic rings. The minimum Gasteiger partial charge on any atom is -0.496 e. The van der Waals surface area contributed by atoms with Crippen LogP contribution in [0.3, 0.4) is 0 Å². The first-order chi connectivity index (χ1) is 6.74. The standard InChI is InChI=1S/C11H13NO2/c1-8-4-5-10(13-2)9(6-7-12)11(8)14-3/h4-5H,6H2,1-3H3. The third-order valence-electron chi connectivity index (χ3n) is 2.09. The van der Waals surface area contributed by atoms with Gasteiger partial charge >= 0.3 is 0 Å². The number of methoxy groups -OCH3 is 2. The van der Waals surface area contributed by atoms with E-state index in [9.17, 15) is 0 Å². The summed E-state index contributed by atoms with van der Waals surface area (Å²) < 4.78 is 10.4. The number of nitriles is 1. The minimum atomic E-state index is 0.300. The molecule has 1 rings (SSSR count). The summed E-state index contributed by atoms with van der Waals surface area (Å²) in [6, 6.07) is 5.87. The lowest BCUT2D eigenvalue weighted by molar-refractivity contribution is 0.385. The SMILES string of the molecule is COc1ccc(C)c(OC)c1CC#N. The molecule has 0 heterocycles. The van der Waals surface area contributed by atoms with Gasteiger partial charge in [-0.2, -0.15) is 5.26 Å². The van der Waals surface area contributed by atoms with Crippen molar-refractivity contribution in [3.63, 3.8) is 0 Å². The fraction of sp³-hybridized carbons (Fsp3) is 0.364. The normalized spacial score (nSPS) is 9.29. The number of benzene rings is 1. The van der Waals surface area contributed by atoms with Crippen molar-refractivity contribution >= 4 is 0 Å². The molecule has 0 radical (unpaired) electrons. The zero-order chi connectivity index (χ0) is 10.6. The summed E-state index contributed by atoms with van der Waals surface area (Å²) in [6.45, 7) is 1.94. The Morgan fingerprint density at radius 3 is 2.50 bits per heavy atom. The molecule has 0 N–H and O–H groups in total. The predicted molar refractivity (Wildman–Crippen MR) is 53.6 cm³/mol. The smallest absolute Gasteiger partial charge is 0.129 e. The highest BCUT2D eigenvalue weighted by Gasteiger charge is 2.11. The maximum absolute atomic E-state index is 8.69. The molecule has 0 fully saturated rings. The highest BCUT2D eigenvalue weighted by molar-refractivity contribution is 5.50. The van der Waals surface area contributed by atoms with Crippen molar-refractivity contribution < 1.29 is 9.47 Å². The zero-order valence-corrected chi connectivity index (χ0v) is 8.63. The van der Waals surface area contributed by atoms with Crippen LogP contribution in [-0.2, 0) is 6.42 Å². The van der Waals surface area contributed by atoms with Crippen molar-refractivity contribution in [1.82, 2.24) is 0 Å². The van der Waals surface area contributed by atoms with Gasteiger partial charge in [0.2, 0.25) is 0 Å². The molecule has 0 aliphatic heterocycles. The first-order valence-corrected chi connectivity index (χ1v) is 4.32. The number of nitrogens with zero attached hydrogens (tertiary/aromatic N) is 1. The third kappa shape index (κ3) is 1.80. The van der Waals surface area contributed by atoms with Crippen molar-refractivity contribution in [2.45, 2.75) is 13.3 Å². The van der Waals surface area contributed by atoms with E-state index >= 15 is 0 Å². The van der Waals surface area contributed by atoms with Gasteiger partial charge in [0.15, 0.2) is 0 Å². The highest BCUT2D eigenvalue weighted by atomic mass is 16.5. The topological polar surface area (TPSA) is 42.2 Å². The monoisotopic (exact) mass is 191 g/mol. The Morgan fingerprint density at radius 1 is 1.29 bits per heavy atom. The second-order valence-corrected chi connectivity index (χ2v) is 2.93. The molecule has 0 bridgehead atoms. The van der Waals surface area contributed by atoms with E-state index in [-0.39, 0.29) is 0 Å². The summed E-state index contributed by atoms with van der Waals surface area (Å²) in [5.74, 6) is 1.44. The summed E-state index contributed by atoms with van der Waals surface area (Å²) >= 11 is 0. The molecule has 3 nitrogen and oxygen atoms in total. The van der Waals surface area contributed by atoms with E-state index in [4.69, 9.17) is 14.7 Å². The molecule has 0 amide bonds. The first kappa shape index (κ1) is 10.4. The van der Waals surface area contributed by atoms with Crippen LogP contribution in [0.4, 0.5) is 0 Å².